The molecule has 0 unspecified atom stereocenters. The fraction of sp³-hybridized carbons (Fsp3) is 0.417. The van der Waals surface area contributed by atoms with Crippen molar-refractivity contribution in [1.82, 2.24) is 0 Å². The third-order valence-electron chi connectivity index (χ3n) is 2.11. The van der Waals surface area contributed by atoms with Gasteiger partial charge in [0.05, 0.1) is 5.56 Å². The number of benzene rings is 1. The molecule has 17 heavy (non-hydrogen) atoms. The van der Waals surface area contributed by atoms with Gasteiger partial charge in [0, 0.05) is 12.1 Å². The zero-order chi connectivity index (χ0) is 13.0. The van der Waals surface area contributed by atoms with Crippen LogP contribution in [0.25, 0.3) is 0 Å². The second kappa shape index (κ2) is 5.61. The van der Waals surface area contributed by atoms with Crippen LogP contribution in [0, 0.1) is 5.92 Å². The summed E-state index contributed by atoms with van der Waals surface area (Å²) in [6, 6.07) is 4.07. The summed E-state index contributed by atoms with van der Waals surface area (Å²) in [5, 5.41) is 0. The fourth-order valence-corrected chi connectivity index (χ4v) is 1.44. The first-order valence-electron chi connectivity index (χ1n) is 5.27. The van der Waals surface area contributed by atoms with Crippen LogP contribution in [0.3, 0.4) is 0 Å². The molecule has 0 amide bonds. The van der Waals surface area contributed by atoms with Gasteiger partial charge in [-0.05, 0) is 24.1 Å². The van der Waals surface area contributed by atoms with Crippen molar-refractivity contribution >= 4 is 11.5 Å². The summed E-state index contributed by atoms with van der Waals surface area (Å²) in [4.78, 5) is 11.8. The van der Waals surface area contributed by atoms with Crippen LogP contribution in [-0.4, -0.2) is 12.4 Å². The van der Waals surface area contributed by atoms with E-state index in [0.29, 0.717) is 5.69 Å². The number of halogens is 2. The minimum Gasteiger partial charge on any atom is -0.434 e. The van der Waals surface area contributed by atoms with Crippen molar-refractivity contribution in [3.8, 4) is 5.75 Å². The van der Waals surface area contributed by atoms with Crippen LogP contribution < -0.4 is 10.5 Å². The van der Waals surface area contributed by atoms with Gasteiger partial charge >= 0.3 is 6.61 Å². The van der Waals surface area contributed by atoms with Gasteiger partial charge in [-0.1, -0.05) is 13.8 Å². The van der Waals surface area contributed by atoms with Crippen LogP contribution in [0.2, 0.25) is 0 Å². The zero-order valence-electron chi connectivity index (χ0n) is 9.74. The quantitative estimate of drug-likeness (QED) is 0.638. The first-order chi connectivity index (χ1) is 7.90. The van der Waals surface area contributed by atoms with E-state index in [4.69, 9.17) is 5.73 Å². The van der Waals surface area contributed by atoms with Gasteiger partial charge in [0.2, 0.25) is 0 Å². The largest absolute Gasteiger partial charge is 0.434 e. The number of alkyl halides is 2. The normalized spacial score (nSPS) is 10.9. The van der Waals surface area contributed by atoms with Gasteiger partial charge in [-0.2, -0.15) is 8.78 Å². The molecule has 1 rings (SSSR count). The Morgan fingerprint density at radius 1 is 1.41 bits per heavy atom. The molecular formula is C12H15F2NO2. The molecular weight excluding hydrogens is 228 g/mol. The van der Waals surface area contributed by atoms with Crippen LogP contribution in [0.4, 0.5) is 14.5 Å². The lowest BCUT2D eigenvalue weighted by Gasteiger charge is -2.11. The summed E-state index contributed by atoms with van der Waals surface area (Å²) in [7, 11) is 0. The Morgan fingerprint density at radius 3 is 2.59 bits per heavy atom. The lowest BCUT2D eigenvalue weighted by molar-refractivity contribution is -0.0501. The molecule has 0 bridgehead atoms. The summed E-state index contributed by atoms with van der Waals surface area (Å²) in [6.07, 6.45) is 0.267. The fourth-order valence-electron chi connectivity index (χ4n) is 1.44. The molecule has 1 aromatic rings. The third kappa shape index (κ3) is 4.01. The number of hydrogen-bond donors (Lipinski definition) is 1. The van der Waals surface area contributed by atoms with Gasteiger partial charge in [0.25, 0.3) is 0 Å². The third-order valence-corrected chi connectivity index (χ3v) is 2.11. The summed E-state index contributed by atoms with van der Waals surface area (Å²) in [5.41, 5.74) is 5.99. The number of carbonyl (C=O) groups excluding carboxylic acids is 1. The molecule has 5 heteroatoms. The van der Waals surface area contributed by atoms with Crippen LogP contribution in [0.5, 0.6) is 5.75 Å². The van der Waals surface area contributed by atoms with Crippen LogP contribution in [-0.2, 0) is 0 Å². The van der Waals surface area contributed by atoms with Crippen molar-refractivity contribution in [2.45, 2.75) is 26.9 Å². The molecule has 94 valence electrons. The smallest absolute Gasteiger partial charge is 0.387 e. The van der Waals surface area contributed by atoms with Crippen molar-refractivity contribution in [3.63, 3.8) is 0 Å². The van der Waals surface area contributed by atoms with Crippen LogP contribution in [0.15, 0.2) is 18.2 Å². The van der Waals surface area contributed by atoms with Gasteiger partial charge < -0.3 is 10.5 Å². The highest BCUT2D eigenvalue weighted by Gasteiger charge is 2.17. The van der Waals surface area contributed by atoms with Gasteiger partial charge in [-0.15, -0.1) is 0 Å². The molecule has 0 aliphatic heterocycles. The maximum Gasteiger partial charge on any atom is 0.387 e. The van der Waals surface area contributed by atoms with Gasteiger partial charge in [0.15, 0.2) is 5.78 Å². The minimum absolute atomic E-state index is 0.110. The first-order valence-corrected chi connectivity index (χ1v) is 5.27. The molecule has 0 spiro atoms. The molecule has 0 aromatic heterocycles. The highest BCUT2D eigenvalue weighted by Crippen LogP contribution is 2.25. The highest BCUT2D eigenvalue weighted by atomic mass is 19.3. The predicted molar refractivity (Wildman–Crippen MR) is 61.3 cm³/mol. The maximum absolute atomic E-state index is 12.2. The van der Waals surface area contributed by atoms with Gasteiger partial charge in [-0.25, -0.2) is 0 Å². The van der Waals surface area contributed by atoms with E-state index in [1.807, 2.05) is 13.8 Å². The standard InChI is InChI=1S/C12H15F2NO2/c1-7(2)5-10(16)9-6-8(15)3-4-11(9)17-12(13)14/h3-4,6-7,12H,5,15H2,1-2H3. The molecule has 2 N–H and O–H groups in total. The van der Waals surface area contributed by atoms with E-state index in [1.54, 1.807) is 0 Å². The predicted octanol–water partition coefficient (Wildman–Crippen LogP) is 3.10. The van der Waals surface area contributed by atoms with Gasteiger partial charge in [0.1, 0.15) is 5.75 Å². The van der Waals surface area contributed by atoms with Crippen molar-refractivity contribution in [2.75, 3.05) is 5.73 Å². The number of Topliss-reactive ketones (excluding diaryl/α,β-unsaturated/α-hetero) is 1. The molecule has 0 radical (unpaired) electrons. The Bertz CT molecular complexity index is 405. The van der Waals surface area contributed by atoms with E-state index < -0.39 is 6.61 Å². The number of anilines is 1. The van der Waals surface area contributed by atoms with Crippen LogP contribution in [0.1, 0.15) is 30.6 Å². The van der Waals surface area contributed by atoms with Crippen molar-refractivity contribution < 1.29 is 18.3 Å². The molecule has 0 atom stereocenters. The molecule has 0 aliphatic rings. The molecule has 0 saturated carbocycles. The zero-order valence-corrected chi connectivity index (χ0v) is 9.74. The minimum atomic E-state index is -2.95. The number of rotatable bonds is 5. The maximum atomic E-state index is 12.2. The Kier molecular flexibility index (Phi) is 4.43. The summed E-state index contributed by atoms with van der Waals surface area (Å²) in [6.45, 7) is 0.791. The number of ketones is 1. The average molecular weight is 243 g/mol. The van der Waals surface area contributed by atoms with Gasteiger partial charge in [-0.3, -0.25) is 4.79 Å². The molecule has 0 heterocycles. The monoisotopic (exact) mass is 243 g/mol. The van der Waals surface area contributed by atoms with Crippen molar-refractivity contribution in [2.24, 2.45) is 5.92 Å². The molecule has 3 nitrogen and oxygen atoms in total. The summed E-state index contributed by atoms with van der Waals surface area (Å²) >= 11 is 0. The Morgan fingerprint density at radius 2 is 2.06 bits per heavy atom. The second-order valence-corrected chi connectivity index (χ2v) is 4.16. The number of ether oxygens (including phenoxy) is 1. The van der Waals surface area contributed by atoms with E-state index in [0.717, 1.165) is 0 Å². The van der Waals surface area contributed by atoms with E-state index in [9.17, 15) is 13.6 Å². The Balaban J connectivity index is 3.02. The van der Waals surface area contributed by atoms with Crippen LogP contribution >= 0.6 is 0 Å². The summed E-state index contributed by atoms with van der Waals surface area (Å²) < 4.78 is 28.6. The Labute approximate surface area is 98.6 Å². The molecule has 0 saturated heterocycles. The first kappa shape index (κ1) is 13.4. The number of nitrogens with two attached hydrogens (primary N) is 1. The average Bonchev–Trinajstić information content (AvgIpc) is 2.19. The number of nitrogen functional groups attached to an aromatic ring is 1. The summed E-state index contributed by atoms with van der Waals surface area (Å²) in [5.74, 6) is -0.230. The Hall–Kier alpha value is -1.65. The molecule has 0 aliphatic carbocycles. The SMILES string of the molecule is CC(C)CC(=O)c1cc(N)ccc1OC(F)F. The molecule has 1 aromatic carbocycles. The van der Waals surface area contributed by atoms with E-state index in [1.165, 1.54) is 18.2 Å². The number of hydrogen-bond acceptors (Lipinski definition) is 3. The van der Waals surface area contributed by atoms with E-state index in [-0.39, 0.29) is 29.4 Å². The topological polar surface area (TPSA) is 52.3 Å². The van der Waals surface area contributed by atoms with E-state index in [2.05, 4.69) is 4.74 Å². The van der Waals surface area contributed by atoms with E-state index >= 15 is 0 Å². The lowest BCUT2D eigenvalue weighted by atomic mass is 10.00. The van der Waals surface area contributed by atoms with Crippen molar-refractivity contribution in [3.05, 3.63) is 23.8 Å². The number of carbonyl (C=O) groups is 1. The van der Waals surface area contributed by atoms with Crippen molar-refractivity contribution in [1.29, 1.82) is 0 Å². The highest BCUT2D eigenvalue weighted by molar-refractivity contribution is 5.99. The molecule has 0 fully saturated rings. The second-order valence-electron chi connectivity index (χ2n) is 4.16. The lowest BCUT2D eigenvalue weighted by Crippen LogP contribution is -2.10.